The van der Waals surface area contributed by atoms with Crippen LogP contribution in [0.5, 0.6) is 0 Å². The minimum absolute atomic E-state index is 0.0846. The van der Waals surface area contributed by atoms with Crippen molar-refractivity contribution in [1.82, 2.24) is 0 Å². The molecule has 2 fully saturated rings. The molecule has 2 atom stereocenters. The fourth-order valence-corrected chi connectivity index (χ4v) is 7.34. The van der Waals surface area contributed by atoms with Crippen LogP contribution in [0.1, 0.15) is 113 Å². The average molecular weight is 627 g/mol. The fourth-order valence-electron chi connectivity index (χ4n) is 7.34. The van der Waals surface area contributed by atoms with Gasteiger partial charge in [0.2, 0.25) is 0 Å². The molecule has 4 rings (SSSR count). The lowest BCUT2D eigenvalue weighted by Gasteiger charge is -2.46. The Morgan fingerprint density at radius 2 is 1.18 bits per heavy atom. The molecule has 2 saturated carbocycles. The Morgan fingerprint density at radius 1 is 0.711 bits per heavy atom. The van der Waals surface area contributed by atoms with Crippen molar-refractivity contribution >= 4 is 22.7 Å². The lowest BCUT2D eigenvalue weighted by Crippen LogP contribution is -2.39. The second-order valence-electron chi connectivity index (χ2n) is 15.1. The van der Waals surface area contributed by atoms with Crippen molar-refractivity contribution in [3.05, 3.63) is 47.5 Å². The van der Waals surface area contributed by atoms with Gasteiger partial charge in [0.05, 0.1) is 36.0 Å². The summed E-state index contributed by atoms with van der Waals surface area (Å²) in [5.41, 5.74) is 0.736. The molecule has 2 aromatic rings. The van der Waals surface area contributed by atoms with E-state index in [9.17, 15) is 24.9 Å². The molecule has 0 heterocycles. The second kappa shape index (κ2) is 15.4. The molecular formula is C37H54O8. The SMILES string of the molecule is CC(C)(C)CC(O)COC(=O)c1ccc(C(=O)OCC(O)COC2CCC(C(C)(C)C3CCC(O)CC3)CC2)c2ccccc12. The number of aliphatic hydroxyl groups excluding tert-OH is 3. The minimum Gasteiger partial charge on any atom is -0.459 e. The van der Waals surface area contributed by atoms with E-state index in [0.717, 1.165) is 51.4 Å². The maximum absolute atomic E-state index is 13.0. The zero-order valence-corrected chi connectivity index (χ0v) is 27.8. The topological polar surface area (TPSA) is 123 Å². The summed E-state index contributed by atoms with van der Waals surface area (Å²) in [7, 11) is 0. The molecule has 8 nitrogen and oxygen atoms in total. The quantitative estimate of drug-likeness (QED) is 0.229. The Morgan fingerprint density at radius 3 is 1.67 bits per heavy atom. The molecule has 2 unspecified atom stereocenters. The van der Waals surface area contributed by atoms with Crippen LogP contribution in [0.15, 0.2) is 36.4 Å². The molecule has 2 aromatic carbocycles. The Bertz CT molecular complexity index is 1260. The largest absolute Gasteiger partial charge is 0.459 e. The van der Waals surface area contributed by atoms with Gasteiger partial charge < -0.3 is 29.5 Å². The van der Waals surface area contributed by atoms with Crippen molar-refractivity contribution in [2.45, 2.75) is 117 Å². The van der Waals surface area contributed by atoms with Crippen LogP contribution in [0.4, 0.5) is 0 Å². The van der Waals surface area contributed by atoms with Crippen LogP contribution in [-0.2, 0) is 14.2 Å². The van der Waals surface area contributed by atoms with Crippen molar-refractivity contribution in [3.8, 4) is 0 Å². The van der Waals surface area contributed by atoms with Crippen LogP contribution in [0, 0.1) is 22.7 Å². The van der Waals surface area contributed by atoms with E-state index < -0.39 is 24.1 Å². The van der Waals surface area contributed by atoms with Crippen molar-refractivity contribution < 1.29 is 39.1 Å². The first kappa shape index (κ1) is 35.3. The maximum Gasteiger partial charge on any atom is 0.338 e. The molecule has 45 heavy (non-hydrogen) atoms. The van der Waals surface area contributed by atoms with E-state index in [4.69, 9.17) is 14.2 Å². The number of hydrogen-bond donors (Lipinski definition) is 3. The predicted octanol–water partition coefficient (Wildman–Crippen LogP) is 6.46. The fraction of sp³-hybridized carbons (Fsp3) is 0.676. The summed E-state index contributed by atoms with van der Waals surface area (Å²) in [5.74, 6) is 0.118. The highest BCUT2D eigenvalue weighted by molar-refractivity contribution is 6.11. The van der Waals surface area contributed by atoms with Gasteiger partial charge in [0.1, 0.15) is 19.3 Å². The third kappa shape index (κ3) is 9.74. The van der Waals surface area contributed by atoms with Crippen molar-refractivity contribution in [2.75, 3.05) is 19.8 Å². The molecule has 2 aliphatic carbocycles. The van der Waals surface area contributed by atoms with E-state index in [1.165, 1.54) is 12.1 Å². The number of carbonyl (C=O) groups excluding carboxylic acids is 2. The molecule has 8 heteroatoms. The van der Waals surface area contributed by atoms with Gasteiger partial charge in [-0.05, 0) is 103 Å². The molecule has 0 aromatic heterocycles. The molecule has 0 amide bonds. The molecule has 2 aliphatic rings. The van der Waals surface area contributed by atoms with Gasteiger partial charge in [-0.25, -0.2) is 9.59 Å². The highest BCUT2D eigenvalue weighted by atomic mass is 16.6. The summed E-state index contributed by atoms with van der Waals surface area (Å²) in [6.07, 6.45) is 6.85. The normalized spacial score (nSPS) is 24.2. The van der Waals surface area contributed by atoms with E-state index in [-0.39, 0.29) is 48.4 Å². The molecule has 0 aliphatic heterocycles. The van der Waals surface area contributed by atoms with Gasteiger partial charge in [0.15, 0.2) is 0 Å². The third-order valence-corrected chi connectivity index (χ3v) is 10.0. The first-order valence-corrected chi connectivity index (χ1v) is 16.8. The van der Waals surface area contributed by atoms with Crippen molar-refractivity contribution in [2.24, 2.45) is 22.7 Å². The van der Waals surface area contributed by atoms with E-state index in [1.807, 2.05) is 20.8 Å². The molecule has 0 spiro atoms. The summed E-state index contributed by atoms with van der Waals surface area (Å²) in [5, 5.41) is 31.8. The standard InChI is InChI=1S/C37H54O8/c1-36(2,3)20-27(39)21-44-34(41)32-18-19-33(31-9-7-6-8-30(31)32)35(42)45-23-28(40)22-43-29-16-12-25(13-17-29)37(4,5)24-10-14-26(38)15-11-24/h6-9,18-19,24-29,38-40H,10-17,20-23H2,1-5H3. The summed E-state index contributed by atoms with van der Waals surface area (Å²) in [4.78, 5) is 25.9. The number of hydrogen-bond acceptors (Lipinski definition) is 8. The maximum atomic E-state index is 13.0. The third-order valence-electron chi connectivity index (χ3n) is 10.0. The molecule has 0 bridgehead atoms. The number of benzene rings is 2. The second-order valence-corrected chi connectivity index (χ2v) is 15.1. The van der Waals surface area contributed by atoms with Gasteiger partial charge in [0.25, 0.3) is 0 Å². The number of esters is 2. The average Bonchev–Trinajstić information content (AvgIpc) is 3.00. The van der Waals surface area contributed by atoms with Gasteiger partial charge in [0, 0.05) is 0 Å². The first-order valence-electron chi connectivity index (χ1n) is 16.8. The van der Waals surface area contributed by atoms with Crippen molar-refractivity contribution in [3.63, 3.8) is 0 Å². The Kier molecular flexibility index (Phi) is 12.1. The van der Waals surface area contributed by atoms with Crippen LogP contribution in [0.3, 0.4) is 0 Å². The van der Waals surface area contributed by atoms with E-state index >= 15 is 0 Å². The Hall–Kier alpha value is -2.52. The number of fused-ring (bicyclic) bond motifs is 1. The van der Waals surface area contributed by atoms with Crippen LogP contribution in [0.25, 0.3) is 10.8 Å². The number of rotatable bonds is 12. The zero-order valence-electron chi connectivity index (χ0n) is 27.8. The minimum atomic E-state index is -0.947. The molecule has 0 saturated heterocycles. The number of ether oxygens (including phenoxy) is 3. The summed E-state index contributed by atoms with van der Waals surface area (Å²) in [6.45, 7) is 10.6. The number of aliphatic hydroxyl groups is 3. The highest BCUT2D eigenvalue weighted by Crippen LogP contribution is 2.48. The summed E-state index contributed by atoms with van der Waals surface area (Å²) >= 11 is 0. The van der Waals surface area contributed by atoms with Gasteiger partial charge in [-0.2, -0.15) is 0 Å². The van der Waals surface area contributed by atoms with E-state index in [0.29, 0.717) is 34.6 Å². The van der Waals surface area contributed by atoms with Crippen LogP contribution >= 0.6 is 0 Å². The smallest absolute Gasteiger partial charge is 0.338 e. The molecule has 250 valence electrons. The van der Waals surface area contributed by atoms with Crippen LogP contribution in [0.2, 0.25) is 0 Å². The highest BCUT2D eigenvalue weighted by Gasteiger charge is 2.40. The molecule has 3 N–H and O–H groups in total. The zero-order chi connectivity index (χ0) is 32.8. The van der Waals surface area contributed by atoms with Crippen LogP contribution in [-0.4, -0.2) is 71.5 Å². The monoisotopic (exact) mass is 626 g/mol. The van der Waals surface area contributed by atoms with Gasteiger partial charge in [-0.15, -0.1) is 0 Å². The summed E-state index contributed by atoms with van der Waals surface area (Å²) < 4.78 is 16.9. The lowest BCUT2D eigenvalue weighted by atomic mass is 9.60. The van der Waals surface area contributed by atoms with E-state index in [1.54, 1.807) is 24.3 Å². The van der Waals surface area contributed by atoms with E-state index in [2.05, 4.69) is 13.8 Å². The lowest BCUT2D eigenvalue weighted by molar-refractivity contribution is -0.0609. The predicted molar refractivity (Wildman–Crippen MR) is 174 cm³/mol. The Labute approximate surface area is 268 Å². The first-order chi connectivity index (χ1) is 21.2. The molecular weight excluding hydrogens is 572 g/mol. The Balaban J connectivity index is 1.24. The number of carbonyl (C=O) groups is 2. The van der Waals surface area contributed by atoms with Gasteiger partial charge in [-0.3, -0.25) is 0 Å². The molecule has 0 radical (unpaired) electrons. The van der Waals surface area contributed by atoms with Crippen molar-refractivity contribution in [1.29, 1.82) is 0 Å². The van der Waals surface area contributed by atoms with Gasteiger partial charge in [-0.1, -0.05) is 58.9 Å². The summed E-state index contributed by atoms with van der Waals surface area (Å²) in [6, 6.07) is 10.1. The van der Waals surface area contributed by atoms with Gasteiger partial charge >= 0.3 is 11.9 Å². The van der Waals surface area contributed by atoms with Crippen LogP contribution < -0.4 is 0 Å².